The Morgan fingerprint density at radius 2 is 1.88 bits per heavy atom. The largest absolute Gasteiger partial charge is 0.385 e. The summed E-state index contributed by atoms with van der Waals surface area (Å²) in [6, 6.07) is 8.53. The van der Waals surface area contributed by atoms with E-state index in [1.54, 1.807) is 11.8 Å². The van der Waals surface area contributed by atoms with E-state index in [1.165, 1.54) is 10.6 Å². The van der Waals surface area contributed by atoms with Gasteiger partial charge in [-0.1, -0.05) is 13.8 Å². The lowest BCUT2D eigenvalue weighted by molar-refractivity contribution is 0.413. The van der Waals surface area contributed by atoms with Crippen molar-refractivity contribution in [3.05, 3.63) is 24.3 Å². The topological polar surface area (TPSA) is 38.0 Å². The normalized spacial score (nSPS) is 12.8. The molecule has 0 aliphatic heterocycles. The molecule has 0 spiro atoms. The van der Waals surface area contributed by atoms with Crippen LogP contribution in [0.2, 0.25) is 0 Å². The van der Waals surface area contributed by atoms with Gasteiger partial charge in [-0.05, 0) is 48.9 Å². The van der Waals surface area contributed by atoms with Crippen molar-refractivity contribution in [2.75, 3.05) is 24.7 Å². The van der Waals surface area contributed by atoms with Crippen LogP contribution in [0, 0.1) is 11.8 Å². The first kappa shape index (κ1) is 13.4. The van der Waals surface area contributed by atoms with Crippen LogP contribution in [0.25, 0.3) is 0 Å². The summed E-state index contributed by atoms with van der Waals surface area (Å²) in [5, 5.41) is 3.44. The maximum Gasteiger partial charge on any atom is 0.0341 e. The lowest BCUT2D eigenvalue weighted by Gasteiger charge is -2.19. The highest BCUT2D eigenvalue weighted by Crippen LogP contribution is 2.18. The minimum absolute atomic E-state index is 0.542. The second-order valence-corrected chi connectivity index (χ2v) is 5.23. The molecule has 0 heterocycles. The number of anilines is 1. The Kier molecular flexibility index (Phi) is 5.71. The highest BCUT2D eigenvalue weighted by molar-refractivity contribution is 7.98. The first-order valence-electron chi connectivity index (χ1n) is 5.75. The van der Waals surface area contributed by atoms with Crippen LogP contribution in [0.1, 0.15) is 13.8 Å². The second-order valence-electron chi connectivity index (χ2n) is 4.35. The summed E-state index contributed by atoms with van der Waals surface area (Å²) in [6.07, 6.45) is 2.09. The van der Waals surface area contributed by atoms with E-state index in [9.17, 15) is 0 Å². The number of thioether (sulfide) groups is 1. The van der Waals surface area contributed by atoms with Crippen LogP contribution in [-0.2, 0) is 0 Å². The minimum Gasteiger partial charge on any atom is -0.385 e. The maximum absolute atomic E-state index is 5.74. The van der Waals surface area contributed by atoms with Gasteiger partial charge in [0.2, 0.25) is 0 Å². The molecule has 1 atom stereocenters. The van der Waals surface area contributed by atoms with E-state index in [-0.39, 0.29) is 0 Å². The van der Waals surface area contributed by atoms with Gasteiger partial charge in [-0.15, -0.1) is 11.8 Å². The molecule has 1 unspecified atom stereocenters. The third kappa shape index (κ3) is 4.06. The van der Waals surface area contributed by atoms with E-state index in [1.807, 2.05) is 0 Å². The molecule has 0 saturated heterocycles. The van der Waals surface area contributed by atoms with Crippen molar-refractivity contribution in [3.8, 4) is 0 Å². The lowest BCUT2D eigenvalue weighted by Crippen LogP contribution is -2.27. The van der Waals surface area contributed by atoms with Gasteiger partial charge in [0.15, 0.2) is 0 Å². The Balaban J connectivity index is 2.47. The smallest absolute Gasteiger partial charge is 0.0341 e. The summed E-state index contributed by atoms with van der Waals surface area (Å²) in [6.45, 7) is 6.13. The number of hydrogen-bond donors (Lipinski definition) is 2. The third-order valence-corrected chi connectivity index (χ3v) is 3.65. The molecule has 0 aromatic heterocycles. The van der Waals surface area contributed by atoms with E-state index < -0.39 is 0 Å². The Morgan fingerprint density at radius 3 is 2.31 bits per heavy atom. The number of benzene rings is 1. The quantitative estimate of drug-likeness (QED) is 0.748. The predicted octanol–water partition coefficient (Wildman–Crippen LogP) is 3.05. The predicted molar refractivity (Wildman–Crippen MR) is 74.1 cm³/mol. The average molecular weight is 238 g/mol. The molecule has 0 saturated carbocycles. The van der Waals surface area contributed by atoms with Gasteiger partial charge in [-0.25, -0.2) is 0 Å². The molecule has 0 aliphatic rings. The van der Waals surface area contributed by atoms with Crippen LogP contribution < -0.4 is 11.1 Å². The third-order valence-electron chi connectivity index (χ3n) is 2.90. The van der Waals surface area contributed by atoms with Crippen LogP contribution in [0.5, 0.6) is 0 Å². The molecule has 1 rings (SSSR count). The van der Waals surface area contributed by atoms with Crippen molar-refractivity contribution in [1.29, 1.82) is 0 Å². The van der Waals surface area contributed by atoms with Crippen molar-refractivity contribution in [1.82, 2.24) is 0 Å². The standard InChI is InChI=1S/C13H22N2S/c1-10(2)11(8-14)9-15-12-4-6-13(16-3)7-5-12/h4-7,10-11,15H,8-9,14H2,1-3H3. The molecule has 2 nitrogen and oxygen atoms in total. The molecule has 0 fully saturated rings. The fraction of sp³-hybridized carbons (Fsp3) is 0.538. The highest BCUT2D eigenvalue weighted by atomic mass is 32.2. The number of nitrogens with one attached hydrogen (secondary N) is 1. The number of rotatable bonds is 6. The number of nitrogens with two attached hydrogens (primary N) is 1. The van der Waals surface area contributed by atoms with Gasteiger partial charge >= 0.3 is 0 Å². The summed E-state index contributed by atoms with van der Waals surface area (Å²) in [7, 11) is 0. The van der Waals surface area contributed by atoms with E-state index in [2.05, 4.69) is 49.7 Å². The SMILES string of the molecule is CSc1ccc(NCC(CN)C(C)C)cc1. The van der Waals surface area contributed by atoms with Gasteiger partial charge in [-0.3, -0.25) is 0 Å². The van der Waals surface area contributed by atoms with E-state index in [4.69, 9.17) is 5.73 Å². The fourth-order valence-electron chi connectivity index (χ4n) is 1.55. The molecular formula is C13H22N2S. The zero-order valence-corrected chi connectivity index (χ0v) is 11.2. The molecule has 0 amide bonds. The van der Waals surface area contributed by atoms with E-state index in [0.717, 1.165) is 13.1 Å². The molecule has 0 aliphatic carbocycles. The van der Waals surface area contributed by atoms with Gasteiger partial charge in [0, 0.05) is 17.1 Å². The van der Waals surface area contributed by atoms with Crippen molar-refractivity contribution >= 4 is 17.4 Å². The van der Waals surface area contributed by atoms with Crippen LogP contribution in [0.3, 0.4) is 0 Å². The fourth-order valence-corrected chi connectivity index (χ4v) is 1.96. The van der Waals surface area contributed by atoms with E-state index in [0.29, 0.717) is 11.8 Å². The molecule has 0 bridgehead atoms. The summed E-state index contributed by atoms with van der Waals surface area (Å²) < 4.78 is 0. The molecule has 90 valence electrons. The summed E-state index contributed by atoms with van der Waals surface area (Å²) in [5.74, 6) is 1.17. The Morgan fingerprint density at radius 1 is 1.25 bits per heavy atom. The van der Waals surface area contributed by atoms with Gasteiger partial charge < -0.3 is 11.1 Å². The zero-order valence-electron chi connectivity index (χ0n) is 10.4. The minimum atomic E-state index is 0.542. The maximum atomic E-state index is 5.74. The first-order chi connectivity index (χ1) is 7.67. The second kappa shape index (κ2) is 6.81. The van der Waals surface area contributed by atoms with E-state index >= 15 is 0 Å². The molecule has 16 heavy (non-hydrogen) atoms. The molecular weight excluding hydrogens is 216 g/mol. The van der Waals surface area contributed by atoms with Gasteiger partial charge in [0.25, 0.3) is 0 Å². The van der Waals surface area contributed by atoms with Gasteiger partial charge in [0.05, 0.1) is 0 Å². The highest BCUT2D eigenvalue weighted by Gasteiger charge is 2.10. The molecule has 1 aromatic rings. The van der Waals surface area contributed by atoms with Crippen molar-refractivity contribution in [2.24, 2.45) is 17.6 Å². The monoisotopic (exact) mass is 238 g/mol. The molecule has 3 heteroatoms. The van der Waals surface area contributed by atoms with Crippen LogP contribution in [0.4, 0.5) is 5.69 Å². The average Bonchev–Trinajstić information content (AvgIpc) is 2.30. The van der Waals surface area contributed by atoms with Gasteiger partial charge in [-0.2, -0.15) is 0 Å². The Hall–Kier alpha value is -0.670. The molecule has 3 N–H and O–H groups in total. The number of hydrogen-bond acceptors (Lipinski definition) is 3. The van der Waals surface area contributed by atoms with Gasteiger partial charge in [0.1, 0.15) is 0 Å². The molecule has 1 aromatic carbocycles. The zero-order chi connectivity index (χ0) is 12.0. The Labute approximate surface area is 103 Å². The Bertz CT molecular complexity index is 295. The van der Waals surface area contributed by atoms with Crippen LogP contribution >= 0.6 is 11.8 Å². The first-order valence-corrected chi connectivity index (χ1v) is 6.97. The van der Waals surface area contributed by atoms with Crippen LogP contribution in [0.15, 0.2) is 29.2 Å². The van der Waals surface area contributed by atoms with Crippen LogP contribution in [-0.4, -0.2) is 19.3 Å². The van der Waals surface area contributed by atoms with Crippen molar-refractivity contribution in [2.45, 2.75) is 18.7 Å². The lowest BCUT2D eigenvalue weighted by atomic mass is 9.96. The summed E-state index contributed by atoms with van der Waals surface area (Å²) in [4.78, 5) is 1.30. The summed E-state index contributed by atoms with van der Waals surface area (Å²) in [5.41, 5.74) is 6.92. The molecule has 0 radical (unpaired) electrons. The summed E-state index contributed by atoms with van der Waals surface area (Å²) >= 11 is 1.76. The van der Waals surface area contributed by atoms with Crippen molar-refractivity contribution < 1.29 is 0 Å². The van der Waals surface area contributed by atoms with Crippen molar-refractivity contribution in [3.63, 3.8) is 0 Å².